The van der Waals surface area contributed by atoms with Crippen LogP contribution in [0.5, 0.6) is 0 Å². The number of halogens is 1. The van der Waals surface area contributed by atoms with E-state index in [2.05, 4.69) is 15.7 Å². The number of benzene rings is 1. The normalized spacial score (nSPS) is 10.4. The van der Waals surface area contributed by atoms with Crippen molar-refractivity contribution in [3.05, 3.63) is 40.7 Å². The average Bonchev–Trinajstić information content (AvgIpc) is 2.58. The van der Waals surface area contributed by atoms with Crippen molar-refractivity contribution in [2.75, 3.05) is 33.4 Å². The van der Waals surface area contributed by atoms with Gasteiger partial charge in [-0.1, -0.05) is 12.1 Å². The number of nitrogens with zero attached hydrogens (tertiary/aromatic N) is 2. The fourth-order valence-electron chi connectivity index (χ4n) is 2.22. The second kappa shape index (κ2) is 10.7. The van der Waals surface area contributed by atoms with E-state index in [4.69, 9.17) is 4.74 Å². The van der Waals surface area contributed by atoms with Crippen LogP contribution in [0.25, 0.3) is 10.9 Å². The van der Waals surface area contributed by atoms with Crippen molar-refractivity contribution in [2.24, 2.45) is 0 Å². The fraction of sp³-hybridized carbons (Fsp3) is 0.438. The third-order valence-electron chi connectivity index (χ3n) is 3.42. The van der Waals surface area contributed by atoms with E-state index in [0.29, 0.717) is 38.0 Å². The average molecular weight is 355 g/mol. The summed E-state index contributed by atoms with van der Waals surface area (Å²) in [6, 6.07) is 7.27. The fourth-order valence-corrected chi connectivity index (χ4v) is 2.22. The topological polar surface area (TPSA) is 85.2 Å². The van der Waals surface area contributed by atoms with Gasteiger partial charge in [0.25, 0.3) is 0 Å². The SMILES string of the molecule is COCCNCCNC(=O)CCn1ncc(=O)c2ccccc21.Cl. The van der Waals surface area contributed by atoms with Crippen LogP contribution in [-0.4, -0.2) is 49.0 Å². The third kappa shape index (κ3) is 5.92. The molecule has 8 heteroatoms. The highest BCUT2D eigenvalue weighted by Gasteiger charge is 2.06. The highest BCUT2D eigenvalue weighted by Crippen LogP contribution is 2.08. The van der Waals surface area contributed by atoms with Gasteiger partial charge in [-0.15, -0.1) is 12.4 Å². The van der Waals surface area contributed by atoms with E-state index in [0.717, 1.165) is 12.1 Å². The second-order valence-corrected chi connectivity index (χ2v) is 5.09. The Bertz CT molecular complexity index is 705. The maximum absolute atomic E-state index is 11.8. The van der Waals surface area contributed by atoms with Crippen molar-refractivity contribution in [3.8, 4) is 0 Å². The molecule has 0 radical (unpaired) electrons. The summed E-state index contributed by atoms with van der Waals surface area (Å²) in [7, 11) is 1.65. The van der Waals surface area contributed by atoms with Crippen LogP contribution in [0, 0.1) is 0 Å². The number of ether oxygens (including phenoxy) is 1. The molecule has 7 nitrogen and oxygen atoms in total. The number of fused-ring (bicyclic) bond motifs is 1. The number of carbonyl (C=O) groups excluding carboxylic acids is 1. The highest BCUT2D eigenvalue weighted by molar-refractivity contribution is 5.85. The van der Waals surface area contributed by atoms with E-state index >= 15 is 0 Å². The van der Waals surface area contributed by atoms with E-state index in [1.54, 1.807) is 17.9 Å². The second-order valence-electron chi connectivity index (χ2n) is 5.09. The smallest absolute Gasteiger partial charge is 0.221 e. The summed E-state index contributed by atoms with van der Waals surface area (Å²) in [4.78, 5) is 23.6. The first-order valence-corrected chi connectivity index (χ1v) is 7.63. The number of aryl methyl sites for hydroxylation is 1. The zero-order chi connectivity index (χ0) is 16.5. The Kier molecular flexibility index (Phi) is 8.99. The predicted octanol–water partition coefficient (Wildman–Crippen LogP) is 0.561. The third-order valence-corrected chi connectivity index (χ3v) is 3.42. The minimum Gasteiger partial charge on any atom is -0.383 e. The summed E-state index contributed by atoms with van der Waals surface area (Å²) in [5, 5.41) is 10.7. The van der Waals surface area contributed by atoms with Crippen LogP contribution in [-0.2, 0) is 16.1 Å². The number of para-hydroxylation sites is 1. The van der Waals surface area contributed by atoms with Crippen molar-refractivity contribution >= 4 is 29.2 Å². The zero-order valence-electron chi connectivity index (χ0n) is 13.7. The molecule has 0 fully saturated rings. The van der Waals surface area contributed by atoms with Gasteiger partial charge < -0.3 is 15.4 Å². The van der Waals surface area contributed by atoms with Crippen LogP contribution in [0.1, 0.15) is 6.42 Å². The van der Waals surface area contributed by atoms with Crippen LogP contribution in [0.4, 0.5) is 0 Å². The molecule has 1 amide bonds. The van der Waals surface area contributed by atoms with E-state index < -0.39 is 0 Å². The van der Waals surface area contributed by atoms with E-state index in [1.165, 1.54) is 6.20 Å². The molecule has 0 saturated carbocycles. The van der Waals surface area contributed by atoms with Crippen molar-refractivity contribution < 1.29 is 9.53 Å². The minimum atomic E-state index is -0.108. The Morgan fingerprint density at radius 3 is 2.83 bits per heavy atom. The molecule has 0 saturated heterocycles. The number of amides is 1. The summed E-state index contributed by atoms with van der Waals surface area (Å²) in [5.74, 6) is -0.0388. The number of aromatic nitrogens is 2. The Hall–Kier alpha value is -1.96. The first-order chi connectivity index (χ1) is 11.2. The van der Waals surface area contributed by atoms with Crippen LogP contribution in [0.15, 0.2) is 35.3 Å². The molecule has 24 heavy (non-hydrogen) atoms. The molecule has 132 valence electrons. The molecule has 0 aliphatic carbocycles. The number of rotatable bonds is 9. The van der Waals surface area contributed by atoms with Crippen LogP contribution in [0.3, 0.4) is 0 Å². The van der Waals surface area contributed by atoms with Crippen molar-refractivity contribution in [3.63, 3.8) is 0 Å². The summed E-state index contributed by atoms with van der Waals surface area (Å²) in [6.07, 6.45) is 1.61. The highest BCUT2D eigenvalue weighted by atomic mass is 35.5. The first-order valence-electron chi connectivity index (χ1n) is 7.63. The van der Waals surface area contributed by atoms with Gasteiger partial charge >= 0.3 is 0 Å². The van der Waals surface area contributed by atoms with Gasteiger partial charge in [-0.25, -0.2) is 0 Å². The monoisotopic (exact) mass is 354 g/mol. The number of hydrogen-bond acceptors (Lipinski definition) is 5. The van der Waals surface area contributed by atoms with Crippen LogP contribution in [0.2, 0.25) is 0 Å². The van der Waals surface area contributed by atoms with Crippen molar-refractivity contribution in [2.45, 2.75) is 13.0 Å². The molecule has 2 rings (SSSR count). The molecule has 0 unspecified atom stereocenters. The van der Waals surface area contributed by atoms with E-state index in [1.807, 2.05) is 18.2 Å². The van der Waals surface area contributed by atoms with E-state index in [9.17, 15) is 9.59 Å². The number of carbonyl (C=O) groups is 1. The van der Waals surface area contributed by atoms with Crippen molar-refractivity contribution in [1.29, 1.82) is 0 Å². The molecule has 0 aliphatic heterocycles. The zero-order valence-corrected chi connectivity index (χ0v) is 14.5. The van der Waals surface area contributed by atoms with Gasteiger partial charge in [-0.3, -0.25) is 14.3 Å². The molecule has 1 heterocycles. The number of nitrogens with one attached hydrogen (secondary N) is 2. The lowest BCUT2D eigenvalue weighted by atomic mass is 10.2. The Morgan fingerprint density at radius 2 is 2.04 bits per heavy atom. The minimum absolute atomic E-state index is 0. The Balaban J connectivity index is 0.00000288. The Morgan fingerprint density at radius 1 is 1.25 bits per heavy atom. The molecule has 0 atom stereocenters. The van der Waals surface area contributed by atoms with Gasteiger partial charge in [0.05, 0.1) is 24.9 Å². The van der Waals surface area contributed by atoms with Gasteiger partial charge in [0.15, 0.2) is 0 Å². The maximum atomic E-state index is 11.8. The summed E-state index contributed by atoms with van der Waals surface area (Å²) in [6.45, 7) is 3.12. The number of hydrogen-bond donors (Lipinski definition) is 2. The first kappa shape index (κ1) is 20.1. The summed E-state index contributed by atoms with van der Waals surface area (Å²) < 4.78 is 6.61. The standard InChI is InChI=1S/C16H22N4O3.ClH/c1-23-11-9-17-7-8-18-16(22)6-10-20-14-5-3-2-4-13(14)15(21)12-19-20;/h2-5,12,17H,6-11H2,1H3,(H,18,22);1H. The molecule has 2 aromatic rings. The van der Waals surface area contributed by atoms with Crippen LogP contribution >= 0.6 is 12.4 Å². The lowest BCUT2D eigenvalue weighted by Crippen LogP contribution is -2.33. The lowest BCUT2D eigenvalue weighted by Gasteiger charge is -2.10. The summed E-state index contributed by atoms with van der Waals surface area (Å²) in [5.41, 5.74) is 0.637. The maximum Gasteiger partial charge on any atom is 0.221 e. The summed E-state index contributed by atoms with van der Waals surface area (Å²) >= 11 is 0. The predicted molar refractivity (Wildman–Crippen MR) is 95.6 cm³/mol. The molecule has 1 aromatic heterocycles. The van der Waals surface area contributed by atoms with Crippen LogP contribution < -0.4 is 16.1 Å². The molecule has 0 aliphatic rings. The largest absolute Gasteiger partial charge is 0.383 e. The number of methoxy groups -OCH3 is 1. The van der Waals surface area contributed by atoms with Gasteiger partial charge in [-0.2, -0.15) is 5.10 Å². The Labute approximate surface area is 146 Å². The molecule has 1 aromatic carbocycles. The lowest BCUT2D eigenvalue weighted by molar-refractivity contribution is -0.121. The van der Waals surface area contributed by atoms with Gasteiger partial charge in [0.1, 0.15) is 0 Å². The van der Waals surface area contributed by atoms with E-state index in [-0.39, 0.29) is 23.7 Å². The molecule has 0 bridgehead atoms. The quantitative estimate of drug-likeness (QED) is 0.643. The van der Waals surface area contributed by atoms with Gasteiger partial charge in [0, 0.05) is 38.6 Å². The van der Waals surface area contributed by atoms with Crippen molar-refractivity contribution in [1.82, 2.24) is 20.4 Å². The molecule has 2 N–H and O–H groups in total. The van der Waals surface area contributed by atoms with Gasteiger partial charge in [0.2, 0.25) is 11.3 Å². The van der Waals surface area contributed by atoms with Gasteiger partial charge in [-0.05, 0) is 12.1 Å². The molecule has 0 spiro atoms. The molecular weight excluding hydrogens is 332 g/mol. The molecular formula is C16H23ClN4O3.